The molecule has 0 radical (unpaired) electrons. The second kappa shape index (κ2) is 5.35. The zero-order valence-electron chi connectivity index (χ0n) is 13.3. The van der Waals surface area contributed by atoms with E-state index in [1.807, 2.05) is 17.9 Å². The van der Waals surface area contributed by atoms with Gasteiger partial charge in [-0.25, -0.2) is 4.98 Å². The van der Waals surface area contributed by atoms with Crippen molar-refractivity contribution in [1.29, 1.82) is 0 Å². The largest absolute Gasteiger partial charge is 0.338 e. The first-order valence-corrected chi connectivity index (χ1v) is 7.71. The monoisotopic (exact) mass is 302 g/mol. The molecule has 1 atom stereocenters. The third-order valence-electron chi connectivity index (χ3n) is 4.59. The molecule has 6 heteroatoms. The molecule has 3 rings (SSSR count). The van der Waals surface area contributed by atoms with Crippen molar-refractivity contribution in [3.8, 4) is 0 Å². The van der Waals surface area contributed by atoms with Gasteiger partial charge >= 0.3 is 0 Å². The number of likely N-dealkylation sites (tertiary alicyclic amines) is 1. The number of aryl methyl sites for hydroxylation is 1. The Hall–Kier alpha value is -1.95. The van der Waals surface area contributed by atoms with Gasteiger partial charge in [0.2, 0.25) is 0 Å². The highest BCUT2D eigenvalue weighted by Gasteiger charge is 2.35. The van der Waals surface area contributed by atoms with Gasteiger partial charge in [0.25, 0.3) is 11.6 Å². The van der Waals surface area contributed by atoms with E-state index in [0.29, 0.717) is 24.4 Å². The SMILES string of the molecule is CCc1noc2ncc(C(=O)N3CCC(N)C(C)(C)C3)cc12. The lowest BCUT2D eigenvalue weighted by Crippen LogP contribution is -2.54. The minimum absolute atomic E-state index is 0.00220. The summed E-state index contributed by atoms with van der Waals surface area (Å²) < 4.78 is 5.16. The van der Waals surface area contributed by atoms with Crippen LogP contribution < -0.4 is 5.73 Å². The Kier molecular flexibility index (Phi) is 3.64. The van der Waals surface area contributed by atoms with Crippen LogP contribution in [0.3, 0.4) is 0 Å². The van der Waals surface area contributed by atoms with E-state index in [1.165, 1.54) is 0 Å². The molecular weight excluding hydrogens is 280 g/mol. The van der Waals surface area contributed by atoms with Crippen LogP contribution >= 0.6 is 0 Å². The molecule has 118 valence electrons. The molecule has 0 aromatic carbocycles. The lowest BCUT2D eigenvalue weighted by atomic mass is 9.79. The van der Waals surface area contributed by atoms with E-state index in [2.05, 4.69) is 24.0 Å². The molecule has 2 N–H and O–H groups in total. The maximum absolute atomic E-state index is 12.8. The maximum atomic E-state index is 12.8. The highest BCUT2D eigenvalue weighted by atomic mass is 16.5. The fourth-order valence-corrected chi connectivity index (χ4v) is 2.98. The van der Waals surface area contributed by atoms with Crippen molar-refractivity contribution in [3.63, 3.8) is 0 Å². The van der Waals surface area contributed by atoms with E-state index in [9.17, 15) is 4.79 Å². The number of aromatic nitrogens is 2. The van der Waals surface area contributed by atoms with Crippen molar-refractivity contribution in [2.45, 2.75) is 39.7 Å². The summed E-state index contributed by atoms with van der Waals surface area (Å²) in [5, 5.41) is 4.80. The molecule has 0 saturated carbocycles. The molecule has 0 bridgehead atoms. The normalized spacial score (nSPS) is 21.3. The Morgan fingerprint density at radius 3 is 3.00 bits per heavy atom. The molecule has 0 aliphatic carbocycles. The van der Waals surface area contributed by atoms with Gasteiger partial charge in [-0.3, -0.25) is 4.79 Å². The molecule has 3 heterocycles. The summed E-state index contributed by atoms with van der Waals surface area (Å²) in [5.41, 5.74) is 7.96. The van der Waals surface area contributed by atoms with E-state index < -0.39 is 0 Å². The average molecular weight is 302 g/mol. The van der Waals surface area contributed by atoms with Crippen LogP contribution in [0.15, 0.2) is 16.8 Å². The first kappa shape index (κ1) is 15.0. The zero-order valence-corrected chi connectivity index (χ0v) is 13.3. The van der Waals surface area contributed by atoms with Crippen LogP contribution in [-0.2, 0) is 6.42 Å². The van der Waals surface area contributed by atoms with Crippen molar-refractivity contribution >= 4 is 17.0 Å². The summed E-state index contributed by atoms with van der Waals surface area (Å²) in [4.78, 5) is 18.8. The Morgan fingerprint density at radius 1 is 1.55 bits per heavy atom. The third-order valence-corrected chi connectivity index (χ3v) is 4.59. The molecule has 6 nitrogen and oxygen atoms in total. The lowest BCUT2D eigenvalue weighted by Gasteiger charge is -2.42. The predicted molar refractivity (Wildman–Crippen MR) is 83.5 cm³/mol. The van der Waals surface area contributed by atoms with Crippen LogP contribution in [0.2, 0.25) is 0 Å². The fourth-order valence-electron chi connectivity index (χ4n) is 2.98. The van der Waals surface area contributed by atoms with Crippen LogP contribution in [0.4, 0.5) is 0 Å². The Morgan fingerprint density at radius 2 is 2.32 bits per heavy atom. The van der Waals surface area contributed by atoms with Crippen LogP contribution in [0.5, 0.6) is 0 Å². The molecule has 2 aromatic heterocycles. The minimum Gasteiger partial charge on any atom is -0.338 e. The number of pyridine rings is 1. The highest BCUT2D eigenvalue weighted by molar-refractivity contribution is 5.97. The number of nitrogens with zero attached hydrogens (tertiary/aromatic N) is 3. The van der Waals surface area contributed by atoms with Crippen LogP contribution in [0.1, 0.15) is 43.2 Å². The van der Waals surface area contributed by atoms with E-state index in [-0.39, 0.29) is 17.4 Å². The number of piperidine rings is 1. The molecule has 1 unspecified atom stereocenters. The lowest BCUT2D eigenvalue weighted by molar-refractivity contribution is 0.0533. The van der Waals surface area contributed by atoms with E-state index in [1.54, 1.807) is 6.20 Å². The number of rotatable bonds is 2. The van der Waals surface area contributed by atoms with Crippen LogP contribution in [0, 0.1) is 5.41 Å². The summed E-state index contributed by atoms with van der Waals surface area (Å²) in [6.45, 7) is 7.56. The average Bonchev–Trinajstić information content (AvgIpc) is 2.91. The Bertz CT molecular complexity index is 707. The zero-order chi connectivity index (χ0) is 15.9. The molecule has 1 fully saturated rings. The number of carbonyl (C=O) groups excluding carboxylic acids is 1. The van der Waals surface area contributed by atoms with Crippen molar-refractivity contribution in [3.05, 3.63) is 23.5 Å². The quantitative estimate of drug-likeness (QED) is 0.917. The number of amides is 1. The van der Waals surface area contributed by atoms with Gasteiger partial charge in [-0.2, -0.15) is 0 Å². The van der Waals surface area contributed by atoms with Gasteiger partial charge in [0.05, 0.1) is 16.6 Å². The molecule has 1 saturated heterocycles. The van der Waals surface area contributed by atoms with Gasteiger partial charge in [0.1, 0.15) is 0 Å². The molecule has 1 aliphatic heterocycles. The van der Waals surface area contributed by atoms with Crippen molar-refractivity contribution in [2.24, 2.45) is 11.1 Å². The van der Waals surface area contributed by atoms with Gasteiger partial charge in [0, 0.05) is 25.3 Å². The third kappa shape index (κ3) is 2.47. The maximum Gasteiger partial charge on any atom is 0.257 e. The van der Waals surface area contributed by atoms with Crippen molar-refractivity contribution < 1.29 is 9.32 Å². The number of carbonyl (C=O) groups is 1. The first-order chi connectivity index (χ1) is 10.4. The molecule has 1 amide bonds. The Labute approximate surface area is 129 Å². The molecule has 22 heavy (non-hydrogen) atoms. The summed E-state index contributed by atoms with van der Waals surface area (Å²) in [5.74, 6) is -0.00220. The standard InChI is InChI=1S/C16H22N4O2/c1-4-12-11-7-10(8-18-14(11)22-19-12)15(21)20-6-5-13(17)16(2,3)9-20/h7-8,13H,4-6,9,17H2,1-3H3. The summed E-state index contributed by atoms with van der Waals surface area (Å²) in [6, 6.07) is 1.96. The first-order valence-electron chi connectivity index (χ1n) is 7.71. The Balaban J connectivity index is 1.89. The van der Waals surface area contributed by atoms with Gasteiger partial charge in [-0.05, 0) is 24.3 Å². The van der Waals surface area contributed by atoms with Crippen molar-refractivity contribution in [2.75, 3.05) is 13.1 Å². The number of hydrogen-bond donors (Lipinski definition) is 1. The van der Waals surface area contributed by atoms with Gasteiger partial charge in [-0.15, -0.1) is 0 Å². The fraction of sp³-hybridized carbons (Fsp3) is 0.562. The van der Waals surface area contributed by atoms with Gasteiger partial charge in [0.15, 0.2) is 0 Å². The smallest absolute Gasteiger partial charge is 0.257 e. The number of fused-ring (bicyclic) bond motifs is 1. The van der Waals surface area contributed by atoms with E-state index in [4.69, 9.17) is 10.3 Å². The van der Waals surface area contributed by atoms with E-state index >= 15 is 0 Å². The van der Waals surface area contributed by atoms with Gasteiger partial charge < -0.3 is 15.2 Å². The number of hydrogen-bond acceptors (Lipinski definition) is 5. The molecular formula is C16H22N4O2. The molecule has 1 aliphatic rings. The predicted octanol–water partition coefficient (Wildman–Crippen LogP) is 1.98. The molecule has 0 spiro atoms. The summed E-state index contributed by atoms with van der Waals surface area (Å²) in [7, 11) is 0. The second-order valence-corrected chi connectivity index (χ2v) is 6.67. The van der Waals surface area contributed by atoms with Gasteiger partial charge in [-0.1, -0.05) is 25.9 Å². The summed E-state index contributed by atoms with van der Waals surface area (Å²) in [6.07, 6.45) is 3.14. The van der Waals surface area contributed by atoms with Crippen LogP contribution in [-0.4, -0.2) is 40.1 Å². The highest BCUT2D eigenvalue weighted by Crippen LogP contribution is 2.29. The topological polar surface area (TPSA) is 85.2 Å². The second-order valence-electron chi connectivity index (χ2n) is 6.67. The summed E-state index contributed by atoms with van der Waals surface area (Å²) >= 11 is 0. The number of nitrogens with two attached hydrogens (primary N) is 1. The van der Waals surface area contributed by atoms with Crippen molar-refractivity contribution in [1.82, 2.24) is 15.0 Å². The molecule has 2 aromatic rings. The van der Waals surface area contributed by atoms with E-state index in [0.717, 1.165) is 23.9 Å². The minimum atomic E-state index is -0.0722. The van der Waals surface area contributed by atoms with Crippen LogP contribution in [0.25, 0.3) is 11.1 Å².